The van der Waals surface area contributed by atoms with Gasteiger partial charge in [-0.15, -0.1) is 0 Å². The van der Waals surface area contributed by atoms with Gasteiger partial charge in [0.05, 0.1) is 17.4 Å². The molecule has 0 radical (unpaired) electrons. The summed E-state index contributed by atoms with van der Waals surface area (Å²) in [4.78, 5) is 16.4. The number of anilines is 1. The van der Waals surface area contributed by atoms with E-state index in [0.29, 0.717) is 5.11 Å². The molecule has 25 heavy (non-hydrogen) atoms. The number of aryl methyl sites for hydroxylation is 2. The van der Waals surface area contributed by atoms with Gasteiger partial charge >= 0.3 is 0 Å². The number of para-hydroxylation sites is 2. The molecule has 2 aromatic carbocycles. The lowest BCUT2D eigenvalue weighted by Crippen LogP contribution is -2.45. The molecule has 3 N–H and O–H groups in total. The molecule has 0 bridgehead atoms. The molecule has 128 valence electrons. The maximum atomic E-state index is 12.1. The Balaban J connectivity index is 1.54. The van der Waals surface area contributed by atoms with Crippen LogP contribution in [0.2, 0.25) is 0 Å². The second kappa shape index (κ2) is 7.31. The molecule has 0 saturated heterocycles. The van der Waals surface area contributed by atoms with Gasteiger partial charge in [0.1, 0.15) is 6.54 Å². The summed E-state index contributed by atoms with van der Waals surface area (Å²) in [6.45, 7) is 4.19. The first-order valence-electron chi connectivity index (χ1n) is 7.86. The second-order valence-electron chi connectivity index (χ2n) is 5.81. The van der Waals surface area contributed by atoms with Gasteiger partial charge in [-0.25, -0.2) is 4.98 Å². The standard InChI is InChI=1S/C18H19N5OS/c1-12-7-8-14(13(2)9-12)20-18(25)22-21-17(24)10-23-11-19-15-5-3-4-6-16(15)23/h3-9,11H,10H2,1-2H3,(H,21,24)(H2,20,22,25). The largest absolute Gasteiger partial charge is 0.331 e. The summed E-state index contributed by atoms with van der Waals surface area (Å²) >= 11 is 5.22. The zero-order chi connectivity index (χ0) is 17.8. The van der Waals surface area contributed by atoms with E-state index in [4.69, 9.17) is 12.2 Å². The number of rotatable bonds is 3. The molecule has 1 aromatic heterocycles. The van der Waals surface area contributed by atoms with Gasteiger partial charge in [-0.2, -0.15) is 0 Å². The van der Waals surface area contributed by atoms with Crippen molar-refractivity contribution in [2.45, 2.75) is 20.4 Å². The molecule has 7 heteroatoms. The highest BCUT2D eigenvalue weighted by molar-refractivity contribution is 7.80. The van der Waals surface area contributed by atoms with Crippen LogP contribution in [0.25, 0.3) is 11.0 Å². The molecule has 1 heterocycles. The zero-order valence-corrected chi connectivity index (χ0v) is 14.9. The quantitative estimate of drug-likeness (QED) is 0.499. The molecule has 1 amide bonds. The number of hydrazine groups is 1. The summed E-state index contributed by atoms with van der Waals surface area (Å²) in [6, 6.07) is 13.7. The third-order valence-corrected chi connectivity index (χ3v) is 3.99. The smallest absolute Gasteiger partial charge is 0.258 e. The Morgan fingerprint density at radius 3 is 2.76 bits per heavy atom. The number of hydrogen-bond donors (Lipinski definition) is 3. The molecule has 0 spiro atoms. The van der Waals surface area contributed by atoms with Gasteiger partial charge in [-0.3, -0.25) is 15.6 Å². The molecule has 0 atom stereocenters. The topological polar surface area (TPSA) is 71.0 Å². The van der Waals surface area contributed by atoms with Crippen LogP contribution in [0.1, 0.15) is 11.1 Å². The van der Waals surface area contributed by atoms with Crippen molar-refractivity contribution in [2.75, 3.05) is 5.32 Å². The molecule has 0 aliphatic carbocycles. The van der Waals surface area contributed by atoms with E-state index in [-0.39, 0.29) is 12.5 Å². The summed E-state index contributed by atoms with van der Waals surface area (Å²) in [6.07, 6.45) is 1.65. The van der Waals surface area contributed by atoms with Crippen molar-refractivity contribution in [3.63, 3.8) is 0 Å². The molecule has 6 nitrogen and oxygen atoms in total. The number of carbonyl (C=O) groups is 1. The lowest BCUT2D eigenvalue weighted by molar-refractivity contribution is -0.122. The number of thiocarbonyl (C=S) groups is 1. The maximum Gasteiger partial charge on any atom is 0.258 e. The van der Waals surface area contributed by atoms with Crippen LogP contribution in [-0.4, -0.2) is 20.6 Å². The van der Waals surface area contributed by atoms with Crippen LogP contribution in [-0.2, 0) is 11.3 Å². The Morgan fingerprint density at radius 1 is 1.16 bits per heavy atom. The van der Waals surface area contributed by atoms with Crippen molar-refractivity contribution >= 4 is 40.0 Å². The van der Waals surface area contributed by atoms with E-state index in [1.54, 1.807) is 10.9 Å². The first kappa shape index (κ1) is 16.9. The van der Waals surface area contributed by atoms with Crippen molar-refractivity contribution < 1.29 is 4.79 Å². The third-order valence-electron chi connectivity index (χ3n) is 3.79. The molecular weight excluding hydrogens is 334 g/mol. The summed E-state index contributed by atoms with van der Waals surface area (Å²) in [7, 11) is 0. The summed E-state index contributed by atoms with van der Waals surface area (Å²) < 4.78 is 1.78. The summed E-state index contributed by atoms with van der Waals surface area (Å²) in [5.41, 5.74) is 10.3. The third kappa shape index (κ3) is 4.13. The number of nitrogens with zero attached hydrogens (tertiary/aromatic N) is 2. The van der Waals surface area contributed by atoms with Crippen LogP contribution >= 0.6 is 12.2 Å². The first-order chi connectivity index (χ1) is 12.0. The van der Waals surface area contributed by atoms with Gasteiger partial charge in [-0.05, 0) is 49.8 Å². The lowest BCUT2D eigenvalue weighted by Gasteiger charge is -2.14. The minimum Gasteiger partial charge on any atom is -0.331 e. The normalized spacial score (nSPS) is 10.5. The second-order valence-corrected chi connectivity index (χ2v) is 6.22. The maximum absolute atomic E-state index is 12.1. The van der Waals surface area contributed by atoms with Crippen molar-refractivity contribution in [3.05, 3.63) is 59.9 Å². The average Bonchev–Trinajstić information content (AvgIpc) is 2.99. The molecule has 0 aliphatic heterocycles. The van der Waals surface area contributed by atoms with Gasteiger partial charge in [0.15, 0.2) is 5.11 Å². The van der Waals surface area contributed by atoms with Crippen LogP contribution in [0.4, 0.5) is 5.69 Å². The number of nitrogens with one attached hydrogen (secondary N) is 3. The molecule has 0 saturated carbocycles. The number of fused-ring (bicyclic) bond motifs is 1. The number of hydrogen-bond acceptors (Lipinski definition) is 3. The molecular formula is C18H19N5OS. The fraction of sp³-hybridized carbons (Fsp3) is 0.167. The predicted molar refractivity (Wildman–Crippen MR) is 103 cm³/mol. The van der Waals surface area contributed by atoms with E-state index in [9.17, 15) is 4.79 Å². The van der Waals surface area contributed by atoms with Crippen molar-refractivity contribution in [2.24, 2.45) is 0 Å². The lowest BCUT2D eigenvalue weighted by atomic mass is 10.1. The molecule has 0 unspecified atom stereocenters. The number of amides is 1. The van der Waals surface area contributed by atoms with Gasteiger partial charge in [0.2, 0.25) is 0 Å². The molecule has 0 fully saturated rings. The van der Waals surface area contributed by atoms with Crippen molar-refractivity contribution in [3.8, 4) is 0 Å². The highest BCUT2D eigenvalue weighted by Gasteiger charge is 2.07. The van der Waals surface area contributed by atoms with Crippen LogP contribution in [0.3, 0.4) is 0 Å². The summed E-state index contributed by atoms with van der Waals surface area (Å²) in [5.74, 6) is -0.215. The van der Waals surface area contributed by atoms with Gasteiger partial charge in [0.25, 0.3) is 5.91 Å². The van der Waals surface area contributed by atoms with Crippen molar-refractivity contribution in [1.29, 1.82) is 0 Å². The monoisotopic (exact) mass is 353 g/mol. The van der Waals surface area contributed by atoms with Crippen LogP contribution in [0.15, 0.2) is 48.8 Å². The Hall–Kier alpha value is -2.93. The Morgan fingerprint density at radius 2 is 1.96 bits per heavy atom. The highest BCUT2D eigenvalue weighted by Crippen LogP contribution is 2.15. The first-order valence-corrected chi connectivity index (χ1v) is 8.27. The van der Waals surface area contributed by atoms with E-state index in [1.807, 2.05) is 50.2 Å². The zero-order valence-electron chi connectivity index (χ0n) is 14.0. The fourth-order valence-electron chi connectivity index (χ4n) is 2.56. The van der Waals surface area contributed by atoms with Crippen LogP contribution in [0, 0.1) is 13.8 Å². The van der Waals surface area contributed by atoms with Crippen LogP contribution < -0.4 is 16.2 Å². The fourth-order valence-corrected chi connectivity index (χ4v) is 2.73. The van der Waals surface area contributed by atoms with E-state index in [1.165, 1.54) is 5.56 Å². The highest BCUT2D eigenvalue weighted by atomic mass is 32.1. The number of aromatic nitrogens is 2. The van der Waals surface area contributed by atoms with E-state index in [2.05, 4.69) is 27.2 Å². The van der Waals surface area contributed by atoms with E-state index < -0.39 is 0 Å². The SMILES string of the molecule is Cc1ccc(NC(=S)NNC(=O)Cn2cnc3ccccc32)c(C)c1. The number of imidazole rings is 1. The van der Waals surface area contributed by atoms with Gasteiger partial charge in [0, 0.05) is 5.69 Å². The van der Waals surface area contributed by atoms with E-state index in [0.717, 1.165) is 22.3 Å². The van der Waals surface area contributed by atoms with E-state index >= 15 is 0 Å². The number of carbonyl (C=O) groups excluding carboxylic acids is 1. The van der Waals surface area contributed by atoms with Gasteiger partial charge < -0.3 is 9.88 Å². The number of benzene rings is 2. The van der Waals surface area contributed by atoms with Crippen molar-refractivity contribution in [1.82, 2.24) is 20.4 Å². The molecule has 3 rings (SSSR count). The van der Waals surface area contributed by atoms with Gasteiger partial charge in [-0.1, -0.05) is 29.8 Å². The van der Waals surface area contributed by atoms with Crippen LogP contribution in [0.5, 0.6) is 0 Å². The minimum atomic E-state index is -0.215. The minimum absolute atomic E-state index is 0.152. The Bertz CT molecular complexity index is 934. The molecule has 3 aromatic rings. The summed E-state index contributed by atoms with van der Waals surface area (Å²) in [5, 5.41) is 3.40. The molecule has 0 aliphatic rings. The Kier molecular flexibility index (Phi) is 4.95. The average molecular weight is 353 g/mol. The Labute approximate surface area is 151 Å². The predicted octanol–water partition coefficient (Wildman–Crippen LogP) is 2.67.